The van der Waals surface area contributed by atoms with Gasteiger partial charge in [-0.1, -0.05) is 11.6 Å². The number of amides is 2. The van der Waals surface area contributed by atoms with Gasteiger partial charge in [0.15, 0.2) is 11.0 Å². The molecule has 2 aliphatic rings. The lowest BCUT2D eigenvalue weighted by Gasteiger charge is -2.33. The Kier molecular flexibility index (Phi) is 6.66. The van der Waals surface area contributed by atoms with E-state index in [1.54, 1.807) is 37.3 Å². The number of imide groups is 1. The number of esters is 1. The molecule has 2 fully saturated rings. The number of carbonyl (C=O) groups is 3. The summed E-state index contributed by atoms with van der Waals surface area (Å²) in [5.41, 5.74) is 0.829. The van der Waals surface area contributed by atoms with Crippen molar-refractivity contribution in [3.05, 3.63) is 47.1 Å². The molecule has 0 bridgehead atoms. The van der Waals surface area contributed by atoms with Crippen LogP contribution in [0.15, 0.2) is 36.4 Å². The normalized spacial score (nSPS) is 19.5. The minimum atomic E-state index is -0.556. The van der Waals surface area contributed by atoms with E-state index >= 15 is 0 Å². The van der Waals surface area contributed by atoms with E-state index in [9.17, 15) is 14.4 Å². The van der Waals surface area contributed by atoms with Gasteiger partial charge in [-0.05, 0) is 56.2 Å². The first kappa shape index (κ1) is 22.2. The topological polar surface area (TPSA) is 105 Å². The van der Waals surface area contributed by atoms with Crippen molar-refractivity contribution >= 4 is 40.9 Å². The van der Waals surface area contributed by atoms with E-state index in [-0.39, 0.29) is 30.9 Å². The third kappa shape index (κ3) is 4.73. The maximum Gasteiger partial charge on any atom is 0.338 e. The van der Waals surface area contributed by atoms with Gasteiger partial charge in [-0.15, -0.1) is 10.2 Å². The Morgan fingerprint density at radius 2 is 1.84 bits per heavy atom. The number of anilines is 2. The van der Waals surface area contributed by atoms with Gasteiger partial charge in [-0.3, -0.25) is 9.59 Å². The van der Waals surface area contributed by atoms with Crippen molar-refractivity contribution in [3.8, 4) is 0 Å². The summed E-state index contributed by atoms with van der Waals surface area (Å²) in [6.07, 6.45) is 1.74. The smallest absolute Gasteiger partial charge is 0.338 e. The molecule has 0 spiro atoms. The van der Waals surface area contributed by atoms with Gasteiger partial charge >= 0.3 is 5.97 Å². The number of nitrogens with zero attached hydrogens (tertiary/aromatic N) is 4. The third-order valence-corrected chi connectivity index (χ3v) is 5.86. The van der Waals surface area contributed by atoms with Crippen molar-refractivity contribution in [1.29, 1.82) is 0 Å². The van der Waals surface area contributed by atoms with E-state index in [4.69, 9.17) is 16.3 Å². The first-order valence-electron chi connectivity index (χ1n) is 10.6. The molecule has 1 atom stereocenters. The van der Waals surface area contributed by atoms with Gasteiger partial charge in [0.05, 0.1) is 30.3 Å². The molecule has 2 aliphatic heterocycles. The molecule has 1 aromatic heterocycles. The molecule has 2 aromatic rings. The molecule has 9 nitrogen and oxygen atoms in total. The van der Waals surface area contributed by atoms with E-state index in [2.05, 4.69) is 20.4 Å². The molecular weight excluding hydrogens is 434 g/mol. The first-order chi connectivity index (χ1) is 15.5. The Bertz CT molecular complexity index is 990. The van der Waals surface area contributed by atoms with Crippen LogP contribution in [0, 0.1) is 0 Å². The number of hydrogen-bond donors (Lipinski definition) is 1. The summed E-state index contributed by atoms with van der Waals surface area (Å²) in [6, 6.07) is 9.43. The average Bonchev–Trinajstić information content (AvgIpc) is 3.08. The Hall–Kier alpha value is -3.04. The third-order valence-electron chi connectivity index (χ3n) is 5.66. The number of rotatable bonds is 6. The number of hydrogen-bond acceptors (Lipinski definition) is 8. The molecule has 168 valence electrons. The highest BCUT2D eigenvalue weighted by molar-refractivity contribution is 6.29. The number of ether oxygens (including phenoxy) is 1. The second-order valence-electron chi connectivity index (χ2n) is 7.73. The molecule has 0 unspecified atom stereocenters. The zero-order valence-corrected chi connectivity index (χ0v) is 18.4. The van der Waals surface area contributed by atoms with Gasteiger partial charge in [-0.2, -0.15) is 0 Å². The maximum absolute atomic E-state index is 12.9. The van der Waals surface area contributed by atoms with E-state index in [0.29, 0.717) is 16.4 Å². The highest BCUT2D eigenvalue weighted by atomic mass is 35.5. The van der Waals surface area contributed by atoms with Crippen LogP contribution in [0.4, 0.5) is 11.5 Å². The number of halogens is 1. The Labute approximate surface area is 190 Å². The fourth-order valence-corrected chi connectivity index (χ4v) is 4.13. The van der Waals surface area contributed by atoms with E-state index in [1.807, 2.05) is 6.07 Å². The molecular formula is C22H24ClN5O4. The van der Waals surface area contributed by atoms with Crippen molar-refractivity contribution < 1.29 is 19.1 Å². The van der Waals surface area contributed by atoms with Crippen LogP contribution in [-0.4, -0.2) is 59.8 Å². The molecule has 1 N–H and O–H groups in total. The number of nitrogens with one attached hydrogen (secondary N) is 1. The van der Waals surface area contributed by atoms with Crippen molar-refractivity contribution in [3.63, 3.8) is 0 Å². The lowest BCUT2D eigenvalue weighted by Crippen LogP contribution is -2.49. The van der Waals surface area contributed by atoms with Crippen molar-refractivity contribution in [2.75, 3.05) is 29.5 Å². The van der Waals surface area contributed by atoms with Crippen LogP contribution in [0.1, 0.15) is 36.5 Å². The Morgan fingerprint density at radius 1 is 1.12 bits per heavy atom. The molecule has 0 radical (unpaired) electrons. The summed E-state index contributed by atoms with van der Waals surface area (Å²) in [6.45, 7) is 3.55. The van der Waals surface area contributed by atoms with Crippen LogP contribution < -0.4 is 15.1 Å². The van der Waals surface area contributed by atoms with Crippen LogP contribution >= 0.6 is 11.6 Å². The minimum absolute atomic E-state index is 0.112. The molecule has 2 amide bonds. The highest BCUT2D eigenvalue weighted by Crippen LogP contribution is 2.25. The summed E-state index contributed by atoms with van der Waals surface area (Å²) in [4.78, 5) is 40.6. The summed E-state index contributed by atoms with van der Waals surface area (Å²) in [7, 11) is 0. The molecule has 0 aliphatic carbocycles. The molecule has 3 heterocycles. The Morgan fingerprint density at radius 3 is 2.47 bits per heavy atom. The predicted molar refractivity (Wildman–Crippen MR) is 119 cm³/mol. The predicted octanol–water partition coefficient (Wildman–Crippen LogP) is 2.20. The van der Waals surface area contributed by atoms with Crippen molar-refractivity contribution in [2.24, 2.45) is 0 Å². The number of carbonyl (C=O) groups excluding carboxylic acids is 3. The van der Waals surface area contributed by atoms with Crippen LogP contribution in [0.3, 0.4) is 0 Å². The minimum Gasteiger partial charge on any atom is -0.462 e. The van der Waals surface area contributed by atoms with Crippen molar-refractivity contribution in [1.82, 2.24) is 15.5 Å². The number of aromatic nitrogens is 2. The molecule has 4 rings (SSSR count). The SMILES string of the molecule is CCOC(=O)c1ccc(N2C(=O)C[C@@H](NC3CCN(c4ccc(Cl)nn4)CC3)C2=O)cc1. The van der Waals surface area contributed by atoms with Crippen LogP contribution in [0.5, 0.6) is 0 Å². The second kappa shape index (κ2) is 9.62. The van der Waals surface area contributed by atoms with Crippen LogP contribution in [0.25, 0.3) is 0 Å². The Balaban J connectivity index is 1.34. The summed E-state index contributed by atoms with van der Waals surface area (Å²) < 4.78 is 4.97. The largest absolute Gasteiger partial charge is 0.462 e. The standard InChI is InChI=1S/C22H24ClN5O4/c1-2-32-22(31)14-3-5-16(6-4-14)28-20(29)13-17(21(28)30)24-15-9-11-27(12-10-15)19-8-7-18(23)25-26-19/h3-8,15,17,24H,2,9-13H2,1H3/t17-/m1/s1. The number of piperidine rings is 1. The lowest BCUT2D eigenvalue weighted by atomic mass is 10.0. The summed E-state index contributed by atoms with van der Waals surface area (Å²) >= 11 is 5.80. The molecule has 1 aromatic carbocycles. The fourth-order valence-electron chi connectivity index (χ4n) is 4.03. The van der Waals surface area contributed by atoms with Gasteiger partial charge in [0, 0.05) is 19.1 Å². The average molecular weight is 458 g/mol. The summed E-state index contributed by atoms with van der Waals surface area (Å²) in [5.74, 6) is -0.193. The van der Waals surface area contributed by atoms with Gasteiger partial charge in [0.2, 0.25) is 5.91 Å². The van der Waals surface area contributed by atoms with Gasteiger partial charge < -0.3 is 15.0 Å². The van der Waals surface area contributed by atoms with Crippen LogP contribution in [0.2, 0.25) is 5.15 Å². The van der Waals surface area contributed by atoms with Crippen LogP contribution in [-0.2, 0) is 14.3 Å². The molecule has 10 heteroatoms. The zero-order chi connectivity index (χ0) is 22.7. The van der Waals surface area contributed by atoms with Gasteiger partial charge in [0.1, 0.15) is 0 Å². The van der Waals surface area contributed by atoms with E-state index in [0.717, 1.165) is 31.7 Å². The van der Waals surface area contributed by atoms with Crippen molar-refractivity contribution in [2.45, 2.75) is 38.3 Å². The zero-order valence-electron chi connectivity index (χ0n) is 17.7. The number of benzene rings is 1. The quantitative estimate of drug-likeness (QED) is 0.520. The van der Waals surface area contributed by atoms with E-state index in [1.165, 1.54) is 4.90 Å². The lowest BCUT2D eigenvalue weighted by molar-refractivity contribution is -0.121. The molecule has 0 saturated carbocycles. The molecule has 32 heavy (non-hydrogen) atoms. The molecule has 2 saturated heterocycles. The second-order valence-corrected chi connectivity index (χ2v) is 8.12. The van der Waals surface area contributed by atoms with E-state index < -0.39 is 12.0 Å². The maximum atomic E-state index is 12.9. The van der Waals surface area contributed by atoms with Gasteiger partial charge in [-0.25, -0.2) is 9.69 Å². The summed E-state index contributed by atoms with van der Waals surface area (Å²) in [5, 5.41) is 11.7. The van der Waals surface area contributed by atoms with Gasteiger partial charge in [0.25, 0.3) is 5.91 Å². The first-order valence-corrected chi connectivity index (χ1v) is 11.0. The fraction of sp³-hybridized carbons (Fsp3) is 0.409. The monoisotopic (exact) mass is 457 g/mol. The highest BCUT2D eigenvalue weighted by Gasteiger charge is 2.40.